The van der Waals surface area contributed by atoms with Crippen LogP contribution in [-0.4, -0.2) is 58.6 Å². The van der Waals surface area contributed by atoms with Gasteiger partial charge in [0.2, 0.25) is 5.91 Å². The zero-order valence-electron chi connectivity index (χ0n) is 14.0. The molecule has 1 heterocycles. The molecule has 126 valence electrons. The van der Waals surface area contributed by atoms with Crippen molar-refractivity contribution in [1.82, 2.24) is 9.80 Å². The van der Waals surface area contributed by atoms with Crippen LogP contribution in [0.1, 0.15) is 38.2 Å². The molecule has 0 radical (unpaired) electrons. The van der Waals surface area contributed by atoms with E-state index in [1.165, 1.54) is 12.0 Å². The first-order chi connectivity index (χ1) is 11.1. The van der Waals surface area contributed by atoms with Crippen LogP contribution in [0.25, 0.3) is 0 Å². The van der Waals surface area contributed by atoms with E-state index in [0.717, 1.165) is 32.4 Å². The standard InChI is InChI=1S/C19H28N2O2/c1-15(22)21(17-9-10-17)13-18-8-5-11-20(18)14-19(23)12-16-6-3-2-4-7-16/h2-4,6-7,17-19,23H,5,8-14H2,1H3. The van der Waals surface area contributed by atoms with Gasteiger partial charge in [-0.25, -0.2) is 0 Å². The smallest absolute Gasteiger partial charge is 0.219 e. The molecule has 1 aliphatic heterocycles. The number of aliphatic hydroxyl groups excluding tert-OH is 1. The molecule has 1 amide bonds. The van der Waals surface area contributed by atoms with E-state index in [1.807, 2.05) is 23.1 Å². The zero-order chi connectivity index (χ0) is 16.2. The van der Waals surface area contributed by atoms with Crippen molar-refractivity contribution in [1.29, 1.82) is 0 Å². The molecule has 2 aliphatic rings. The highest BCUT2D eigenvalue weighted by Crippen LogP contribution is 2.29. The van der Waals surface area contributed by atoms with E-state index in [2.05, 4.69) is 17.0 Å². The van der Waals surface area contributed by atoms with Gasteiger partial charge in [-0.3, -0.25) is 9.69 Å². The molecule has 2 unspecified atom stereocenters. The molecule has 23 heavy (non-hydrogen) atoms. The summed E-state index contributed by atoms with van der Waals surface area (Å²) in [7, 11) is 0. The molecule has 1 saturated heterocycles. The van der Waals surface area contributed by atoms with E-state index < -0.39 is 0 Å². The molecule has 0 spiro atoms. The number of likely N-dealkylation sites (tertiary alicyclic amines) is 1. The first kappa shape index (κ1) is 16.5. The molecule has 1 aromatic rings. The van der Waals surface area contributed by atoms with Gasteiger partial charge >= 0.3 is 0 Å². The monoisotopic (exact) mass is 316 g/mol. The number of hydrogen-bond acceptors (Lipinski definition) is 3. The number of carbonyl (C=O) groups is 1. The Morgan fingerprint density at radius 3 is 2.70 bits per heavy atom. The van der Waals surface area contributed by atoms with Gasteiger partial charge in [0.05, 0.1) is 6.10 Å². The van der Waals surface area contributed by atoms with Gasteiger partial charge in [0.25, 0.3) is 0 Å². The number of carbonyl (C=O) groups excluding carboxylic acids is 1. The van der Waals surface area contributed by atoms with Crippen LogP contribution in [0.2, 0.25) is 0 Å². The van der Waals surface area contributed by atoms with E-state index in [1.54, 1.807) is 6.92 Å². The van der Waals surface area contributed by atoms with Gasteiger partial charge in [0.1, 0.15) is 0 Å². The van der Waals surface area contributed by atoms with Crippen molar-refractivity contribution in [2.45, 2.75) is 57.2 Å². The molecule has 4 nitrogen and oxygen atoms in total. The third kappa shape index (κ3) is 4.55. The minimum Gasteiger partial charge on any atom is -0.391 e. The molecular formula is C19H28N2O2. The maximum Gasteiger partial charge on any atom is 0.219 e. The molecule has 3 rings (SSSR count). The number of hydrogen-bond donors (Lipinski definition) is 1. The van der Waals surface area contributed by atoms with Crippen molar-refractivity contribution in [2.75, 3.05) is 19.6 Å². The van der Waals surface area contributed by atoms with Crippen LogP contribution < -0.4 is 0 Å². The maximum atomic E-state index is 11.8. The predicted molar refractivity (Wildman–Crippen MR) is 91.2 cm³/mol. The van der Waals surface area contributed by atoms with Crippen LogP contribution in [0.4, 0.5) is 0 Å². The molecule has 0 bridgehead atoms. The van der Waals surface area contributed by atoms with Crippen LogP contribution in [-0.2, 0) is 11.2 Å². The summed E-state index contributed by atoms with van der Waals surface area (Å²) in [5.74, 6) is 0.198. The molecule has 1 saturated carbocycles. The summed E-state index contributed by atoms with van der Waals surface area (Å²) in [6.07, 6.45) is 4.97. The van der Waals surface area contributed by atoms with Crippen LogP contribution in [0.5, 0.6) is 0 Å². The Balaban J connectivity index is 1.53. The fraction of sp³-hybridized carbons (Fsp3) is 0.632. The Morgan fingerprint density at radius 2 is 2.04 bits per heavy atom. The fourth-order valence-corrected chi connectivity index (χ4v) is 3.71. The van der Waals surface area contributed by atoms with Gasteiger partial charge in [-0.1, -0.05) is 30.3 Å². The van der Waals surface area contributed by atoms with Crippen molar-refractivity contribution in [3.05, 3.63) is 35.9 Å². The molecule has 1 aromatic carbocycles. The number of rotatable bonds is 7. The summed E-state index contributed by atoms with van der Waals surface area (Å²) in [5.41, 5.74) is 1.18. The Morgan fingerprint density at radius 1 is 1.30 bits per heavy atom. The maximum absolute atomic E-state index is 11.8. The average molecular weight is 316 g/mol. The Labute approximate surface area is 139 Å². The van der Waals surface area contributed by atoms with Gasteiger partial charge < -0.3 is 10.0 Å². The molecular weight excluding hydrogens is 288 g/mol. The predicted octanol–water partition coefficient (Wildman–Crippen LogP) is 2.07. The molecule has 0 aromatic heterocycles. The Kier molecular flexibility index (Phi) is 5.34. The van der Waals surface area contributed by atoms with Gasteiger partial charge in [0, 0.05) is 32.1 Å². The lowest BCUT2D eigenvalue weighted by atomic mass is 10.1. The number of nitrogens with zero attached hydrogens (tertiary/aromatic N) is 2. The lowest BCUT2D eigenvalue weighted by molar-refractivity contribution is -0.130. The van der Waals surface area contributed by atoms with Crippen LogP contribution in [0, 0.1) is 0 Å². The third-order valence-corrected chi connectivity index (χ3v) is 5.06. The first-order valence-corrected chi connectivity index (χ1v) is 8.86. The Hall–Kier alpha value is -1.39. The SMILES string of the molecule is CC(=O)N(CC1CCCN1CC(O)Cc1ccccc1)C1CC1. The zero-order valence-corrected chi connectivity index (χ0v) is 14.0. The highest BCUT2D eigenvalue weighted by atomic mass is 16.3. The van der Waals surface area contributed by atoms with Crippen molar-refractivity contribution in [2.24, 2.45) is 0 Å². The van der Waals surface area contributed by atoms with Crippen LogP contribution in [0.3, 0.4) is 0 Å². The second-order valence-corrected chi connectivity index (χ2v) is 7.04. The van der Waals surface area contributed by atoms with Crippen molar-refractivity contribution in [3.63, 3.8) is 0 Å². The summed E-state index contributed by atoms with van der Waals surface area (Å²) in [6.45, 7) is 4.25. The normalized spacial score (nSPS) is 23.0. The van der Waals surface area contributed by atoms with Gasteiger partial charge in [-0.05, 0) is 44.2 Å². The fourth-order valence-electron chi connectivity index (χ4n) is 3.71. The quantitative estimate of drug-likeness (QED) is 0.837. The number of benzene rings is 1. The van der Waals surface area contributed by atoms with Crippen molar-refractivity contribution < 1.29 is 9.90 Å². The summed E-state index contributed by atoms with van der Waals surface area (Å²) in [4.78, 5) is 16.3. The first-order valence-electron chi connectivity index (χ1n) is 8.86. The summed E-state index contributed by atoms with van der Waals surface area (Å²) in [5, 5.41) is 10.4. The molecule has 4 heteroatoms. The second-order valence-electron chi connectivity index (χ2n) is 7.04. The van der Waals surface area contributed by atoms with Crippen molar-refractivity contribution in [3.8, 4) is 0 Å². The van der Waals surface area contributed by atoms with Gasteiger partial charge in [-0.15, -0.1) is 0 Å². The topological polar surface area (TPSA) is 43.8 Å². The second kappa shape index (κ2) is 7.45. The number of aliphatic hydroxyl groups is 1. The van der Waals surface area contributed by atoms with E-state index >= 15 is 0 Å². The van der Waals surface area contributed by atoms with E-state index in [0.29, 0.717) is 25.0 Å². The summed E-state index contributed by atoms with van der Waals surface area (Å²) >= 11 is 0. The average Bonchev–Trinajstić information content (AvgIpc) is 3.27. The van der Waals surface area contributed by atoms with E-state index in [-0.39, 0.29) is 12.0 Å². The lowest BCUT2D eigenvalue weighted by Crippen LogP contribution is -2.45. The lowest BCUT2D eigenvalue weighted by Gasteiger charge is -2.31. The molecule has 1 aliphatic carbocycles. The number of amides is 1. The van der Waals surface area contributed by atoms with E-state index in [4.69, 9.17) is 0 Å². The number of β-amino-alcohol motifs (C(OH)–C–C–N with tert-alkyl or cyclic N) is 1. The minimum atomic E-state index is -0.343. The van der Waals surface area contributed by atoms with Crippen LogP contribution >= 0.6 is 0 Å². The molecule has 2 atom stereocenters. The van der Waals surface area contributed by atoms with Crippen LogP contribution in [0.15, 0.2) is 30.3 Å². The van der Waals surface area contributed by atoms with Gasteiger partial charge in [-0.2, -0.15) is 0 Å². The highest BCUT2D eigenvalue weighted by molar-refractivity contribution is 5.74. The van der Waals surface area contributed by atoms with Crippen molar-refractivity contribution >= 4 is 5.91 Å². The largest absolute Gasteiger partial charge is 0.391 e. The van der Waals surface area contributed by atoms with E-state index in [9.17, 15) is 9.90 Å². The molecule has 2 fully saturated rings. The highest BCUT2D eigenvalue weighted by Gasteiger charge is 2.35. The van der Waals surface area contributed by atoms with Gasteiger partial charge in [0.15, 0.2) is 0 Å². The molecule has 1 N–H and O–H groups in total. The Bertz CT molecular complexity index is 515. The summed E-state index contributed by atoms with van der Waals surface area (Å²) in [6, 6.07) is 11.0. The summed E-state index contributed by atoms with van der Waals surface area (Å²) < 4.78 is 0. The minimum absolute atomic E-state index is 0.198. The third-order valence-electron chi connectivity index (χ3n) is 5.06.